The molecular formula is C11H15N5OS2. The fourth-order valence-electron chi connectivity index (χ4n) is 1.35. The highest BCUT2D eigenvalue weighted by atomic mass is 32.1. The number of aromatic nitrogens is 3. The van der Waals surface area contributed by atoms with Gasteiger partial charge in [-0.05, 0) is 13.3 Å². The number of anilines is 1. The zero-order chi connectivity index (χ0) is 13.7. The first-order chi connectivity index (χ1) is 9.19. The Kier molecular flexibility index (Phi) is 4.80. The van der Waals surface area contributed by atoms with Crippen LogP contribution in [0.1, 0.15) is 33.0 Å². The van der Waals surface area contributed by atoms with Crippen LogP contribution in [0.3, 0.4) is 0 Å². The fourth-order valence-corrected chi connectivity index (χ4v) is 2.77. The molecule has 19 heavy (non-hydrogen) atoms. The van der Waals surface area contributed by atoms with Crippen molar-refractivity contribution in [3.05, 3.63) is 21.1 Å². The van der Waals surface area contributed by atoms with E-state index in [1.165, 1.54) is 11.3 Å². The first kappa shape index (κ1) is 13.9. The van der Waals surface area contributed by atoms with E-state index in [1.54, 1.807) is 17.5 Å². The molecule has 0 saturated carbocycles. The summed E-state index contributed by atoms with van der Waals surface area (Å²) in [6.07, 6.45) is 2.78. The van der Waals surface area contributed by atoms with Crippen molar-refractivity contribution in [2.45, 2.75) is 26.8 Å². The molecule has 8 heteroatoms. The summed E-state index contributed by atoms with van der Waals surface area (Å²) in [5, 5.41) is 15.8. The first-order valence-corrected chi connectivity index (χ1v) is 7.59. The highest BCUT2D eigenvalue weighted by molar-refractivity contribution is 7.17. The fraction of sp³-hybridized carbons (Fsp3) is 0.455. The first-order valence-electron chi connectivity index (χ1n) is 5.96. The van der Waals surface area contributed by atoms with Gasteiger partial charge in [0.1, 0.15) is 0 Å². The number of aryl methyl sites for hydroxylation is 1. The van der Waals surface area contributed by atoms with Gasteiger partial charge in [0.15, 0.2) is 0 Å². The largest absolute Gasteiger partial charge is 0.360 e. The third-order valence-corrected chi connectivity index (χ3v) is 4.03. The summed E-state index contributed by atoms with van der Waals surface area (Å²) < 4.78 is 0. The lowest BCUT2D eigenvalue weighted by Crippen LogP contribution is -2.22. The number of amides is 1. The molecule has 1 amide bonds. The quantitative estimate of drug-likeness (QED) is 0.853. The average molecular weight is 297 g/mol. The number of nitrogens with zero attached hydrogens (tertiary/aromatic N) is 3. The number of hydrogen-bond acceptors (Lipinski definition) is 7. The Bertz CT molecular complexity index is 551. The van der Waals surface area contributed by atoms with E-state index in [9.17, 15) is 4.79 Å². The lowest BCUT2D eigenvalue weighted by atomic mass is 10.5. The predicted molar refractivity (Wildman–Crippen MR) is 76.7 cm³/mol. The molecule has 0 unspecified atom stereocenters. The van der Waals surface area contributed by atoms with Gasteiger partial charge in [-0.1, -0.05) is 18.3 Å². The topological polar surface area (TPSA) is 79.8 Å². The summed E-state index contributed by atoms with van der Waals surface area (Å²) in [6, 6.07) is 0. The molecule has 0 aliphatic heterocycles. The maximum absolute atomic E-state index is 11.9. The molecule has 0 saturated heterocycles. The Labute approximate surface area is 119 Å². The molecule has 0 aliphatic carbocycles. The molecule has 0 aliphatic rings. The van der Waals surface area contributed by atoms with Crippen LogP contribution < -0.4 is 10.6 Å². The normalized spacial score (nSPS) is 10.4. The zero-order valence-electron chi connectivity index (χ0n) is 10.8. The van der Waals surface area contributed by atoms with Crippen molar-refractivity contribution in [2.24, 2.45) is 0 Å². The van der Waals surface area contributed by atoms with Crippen LogP contribution in [0.5, 0.6) is 0 Å². The van der Waals surface area contributed by atoms with Crippen molar-refractivity contribution in [3.8, 4) is 0 Å². The molecule has 2 rings (SSSR count). The van der Waals surface area contributed by atoms with Crippen molar-refractivity contribution >= 4 is 33.7 Å². The Balaban J connectivity index is 1.87. The molecule has 2 heterocycles. The van der Waals surface area contributed by atoms with Crippen LogP contribution in [0.25, 0.3) is 0 Å². The highest BCUT2D eigenvalue weighted by Gasteiger charge is 2.12. The second-order valence-corrected chi connectivity index (χ2v) is 6.16. The maximum Gasteiger partial charge on any atom is 0.282 e. The van der Waals surface area contributed by atoms with Crippen molar-refractivity contribution in [1.82, 2.24) is 20.5 Å². The van der Waals surface area contributed by atoms with E-state index in [-0.39, 0.29) is 5.91 Å². The van der Waals surface area contributed by atoms with Gasteiger partial charge < -0.3 is 10.6 Å². The van der Waals surface area contributed by atoms with Crippen molar-refractivity contribution in [3.63, 3.8) is 0 Å². The number of rotatable bonds is 6. The molecule has 2 N–H and O–H groups in total. The predicted octanol–water partition coefficient (Wildman–Crippen LogP) is 2.05. The molecule has 0 bridgehead atoms. The van der Waals surface area contributed by atoms with Gasteiger partial charge in [0, 0.05) is 17.6 Å². The molecular weight excluding hydrogens is 282 g/mol. The van der Waals surface area contributed by atoms with E-state index in [4.69, 9.17) is 0 Å². The van der Waals surface area contributed by atoms with Crippen LogP contribution in [-0.2, 0) is 6.54 Å². The van der Waals surface area contributed by atoms with E-state index in [2.05, 4.69) is 32.7 Å². The Morgan fingerprint density at radius 2 is 2.21 bits per heavy atom. The van der Waals surface area contributed by atoms with E-state index in [1.807, 2.05) is 6.92 Å². The smallest absolute Gasteiger partial charge is 0.282 e. The van der Waals surface area contributed by atoms with Crippen LogP contribution >= 0.6 is 22.7 Å². The van der Waals surface area contributed by atoms with Crippen LogP contribution in [0.15, 0.2) is 6.20 Å². The minimum atomic E-state index is -0.201. The third kappa shape index (κ3) is 3.97. The van der Waals surface area contributed by atoms with Crippen LogP contribution in [-0.4, -0.2) is 27.6 Å². The summed E-state index contributed by atoms with van der Waals surface area (Å²) in [4.78, 5) is 17.0. The summed E-state index contributed by atoms with van der Waals surface area (Å²) in [6.45, 7) is 5.31. The van der Waals surface area contributed by atoms with Gasteiger partial charge in [-0.2, -0.15) is 0 Å². The number of hydrogen-bond donors (Lipinski definition) is 2. The number of carbonyl (C=O) groups excluding carboxylic acids is 1. The van der Waals surface area contributed by atoms with Gasteiger partial charge in [-0.25, -0.2) is 4.98 Å². The summed E-state index contributed by atoms with van der Waals surface area (Å²) in [7, 11) is 0. The Hall–Kier alpha value is -1.54. The van der Waals surface area contributed by atoms with Crippen LogP contribution in [0, 0.1) is 6.92 Å². The van der Waals surface area contributed by atoms with Gasteiger partial charge in [-0.15, -0.1) is 21.5 Å². The lowest BCUT2D eigenvalue weighted by Gasteiger charge is -1.99. The second kappa shape index (κ2) is 6.58. The van der Waals surface area contributed by atoms with Gasteiger partial charge in [-0.3, -0.25) is 4.79 Å². The SMILES string of the molecule is CCCNc1nnc(C(=O)NCc2cnc(C)s2)s1. The molecule has 2 aromatic rings. The number of carbonyl (C=O) groups is 1. The average Bonchev–Trinajstić information content (AvgIpc) is 3.02. The van der Waals surface area contributed by atoms with Crippen molar-refractivity contribution < 1.29 is 4.79 Å². The zero-order valence-corrected chi connectivity index (χ0v) is 12.4. The van der Waals surface area contributed by atoms with Gasteiger partial charge in [0.05, 0.1) is 11.6 Å². The Morgan fingerprint density at radius 3 is 2.89 bits per heavy atom. The highest BCUT2D eigenvalue weighted by Crippen LogP contribution is 2.15. The molecule has 0 atom stereocenters. The van der Waals surface area contributed by atoms with E-state index < -0.39 is 0 Å². The second-order valence-electron chi connectivity index (χ2n) is 3.87. The monoisotopic (exact) mass is 297 g/mol. The summed E-state index contributed by atoms with van der Waals surface area (Å²) in [5.74, 6) is -0.201. The van der Waals surface area contributed by atoms with E-state index >= 15 is 0 Å². The molecule has 6 nitrogen and oxygen atoms in total. The third-order valence-electron chi connectivity index (χ3n) is 2.24. The summed E-state index contributed by atoms with van der Waals surface area (Å²) >= 11 is 2.83. The summed E-state index contributed by atoms with van der Waals surface area (Å²) in [5.41, 5.74) is 0. The number of thiazole rings is 1. The lowest BCUT2D eigenvalue weighted by molar-refractivity contribution is 0.0950. The van der Waals surface area contributed by atoms with Crippen LogP contribution in [0.2, 0.25) is 0 Å². The Morgan fingerprint density at radius 1 is 1.37 bits per heavy atom. The minimum Gasteiger partial charge on any atom is -0.360 e. The van der Waals surface area contributed by atoms with E-state index in [0.717, 1.165) is 22.9 Å². The minimum absolute atomic E-state index is 0.201. The van der Waals surface area contributed by atoms with Crippen molar-refractivity contribution in [2.75, 3.05) is 11.9 Å². The molecule has 2 aromatic heterocycles. The van der Waals surface area contributed by atoms with Gasteiger partial charge in [0.2, 0.25) is 10.1 Å². The molecule has 102 valence electrons. The van der Waals surface area contributed by atoms with Gasteiger partial charge >= 0.3 is 0 Å². The van der Waals surface area contributed by atoms with Crippen LogP contribution in [0.4, 0.5) is 5.13 Å². The molecule has 0 radical (unpaired) electrons. The maximum atomic E-state index is 11.9. The molecule has 0 aromatic carbocycles. The van der Waals surface area contributed by atoms with Gasteiger partial charge in [0.25, 0.3) is 5.91 Å². The van der Waals surface area contributed by atoms with E-state index in [0.29, 0.717) is 16.7 Å². The van der Waals surface area contributed by atoms with Crippen molar-refractivity contribution in [1.29, 1.82) is 0 Å². The molecule has 0 fully saturated rings. The standard InChI is InChI=1S/C11H15N5OS2/c1-3-4-12-11-16-15-10(19-11)9(17)14-6-8-5-13-7(2)18-8/h5H,3-4,6H2,1-2H3,(H,12,16)(H,14,17). The molecule has 0 spiro atoms. The number of nitrogens with one attached hydrogen (secondary N) is 2.